The predicted octanol–water partition coefficient (Wildman–Crippen LogP) is 3.11. The third kappa shape index (κ3) is 3.04. The molecule has 0 atom stereocenters. The van der Waals surface area contributed by atoms with Crippen molar-refractivity contribution in [1.29, 1.82) is 0 Å². The van der Waals surface area contributed by atoms with Crippen molar-refractivity contribution in [2.24, 2.45) is 0 Å². The van der Waals surface area contributed by atoms with Crippen LogP contribution in [0.3, 0.4) is 0 Å². The molecule has 0 heterocycles. The van der Waals surface area contributed by atoms with Gasteiger partial charge >= 0.3 is 5.69 Å². The van der Waals surface area contributed by atoms with Gasteiger partial charge in [0.05, 0.1) is 15.3 Å². The lowest BCUT2D eigenvalue weighted by atomic mass is 10.3. The average Bonchev–Trinajstić information content (AvgIpc) is 2.19. The lowest BCUT2D eigenvalue weighted by molar-refractivity contribution is -0.386. The summed E-state index contributed by atoms with van der Waals surface area (Å²) in [5.41, 5.74) is -0.298. The van der Waals surface area contributed by atoms with Gasteiger partial charge in [-0.3, -0.25) is 10.1 Å². The highest BCUT2D eigenvalue weighted by molar-refractivity contribution is 9.10. The van der Waals surface area contributed by atoms with E-state index in [0.717, 1.165) is 12.1 Å². The number of ether oxygens (including phenoxy) is 1. The van der Waals surface area contributed by atoms with Crippen LogP contribution in [0.2, 0.25) is 0 Å². The maximum atomic E-state index is 13.1. The molecule has 0 bridgehead atoms. The summed E-state index contributed by atoms with van der Waals surface area (Å²) < 4.78 is 18.0. The minimum atomic E-state index is -0.645. The molecule has 1 aromatic rings. The standard InChI is InChI=1S/C8H6BrClFNO3/c9-5-3-7(12(13)14)8(4-6(5)11)15-2-1-10/h3-4H,1-2H2. The van der Waals surface area contributed by atoms with E-state index < -0.39 is 10.7 Å². The SMILES string of the molecule is O=[N+]([O-])c1cc(Br)c(F)cc1OCCCl. The second kappa shape index (κ2) is 5.27. The van der Waals surface area contributed by atoms with Gasteiger partial charge in [-0.25, -0.2) is 4.39 Å². The van der Waals surface area contributed by atoms with Crippen LogP contribution in [0, 0.1) is 15.9 Å². The maximum Gasteiger partial charge on any atom is 0.312 e. The zero-order valence-electron chi connectivity index (χ0n) is 7.37. The molecule has 0 aliphatic rings. The van der Waals surface area contributed by atoms with Gasteiger partial charge in [0.15, 0.2) is 5.75 Å². The van der Waals surface area contributed by atoms with Crippen LogP contribution in [0.25, 0.3) is 0 Å². The number of rotatable bonds is 4. The summed E-state index contributed by atoms with van der Waals surface area (Å²) in [6.45, 7) is 0.0868. The first-order valence-corrected chi connectivity index (χ1v) is 5.21. The van der Waals surface area contributed by atoms with Gasteiger partial charge in [-0.05, 0) is 15.9 Å². The summed E-state index contributed by atoms with van der Waals surface area (Å²) >= 11 is 8.21. The number of hydrogen-bond acceptors (Lipinski definition) is 3. The van der Waals surface area contributed by atoms with Crippen molar-refractivity contribution in [3.05, 3.63) is 32.5 Å². The molecule has 7 heteroatoms. The number of halogens is 3. The highest BCUT2D eigenvalue weighted by Crippen LogP contribution is 2.32. The Morgan fingerprint density at radius 2 is 2.27 bits per heavy atom. The molecule has 1 rings (SSSR count). The second-order valence-electron chi connectivity index (χ2n) is 2.53. The molecule has 0 radical (unpaired) electrons. The van der Waals surface area contributed by atoms with E-state index in [1.54, 1.807) is 0 Å². The van der Waals surface area contributed by atoms with Crippen LogP contribution in [-0.4, -0.2) is 17.4 Å². The fourth-order valence-corrected chi connectivity index (χ4v) is 1.33. The van der Waals surface area contributed by atoms with Crippen LogP contribution in [-0.2, 0) is 0 Å². The van der Waals surface area contributed by atoms with E-state index in [1.165, 1.54) is 0 Å². The van der Waals surface area contributed by atoms with Gasteiger partial charge in [-0.2, -0.15) is 0 Å². The summed E-state index contributed by atoms with van der Waals surface area (Å²) in [6, 6.07) is 2.01. The highest BCUT2D eigenvalue weighted by Gasteiger charge is 2.18. The van der Waals surface area contributed by atoms with Gasteiger partial charge in [0.2, 0.25) is 0 Å². The van der Waals surface area contributed by atoms with Gasteiger partial charge in [0.1, 0.15) is 12.4 Å². The highest BCUT2D eigenvalue weighted by atomic mass is 79.9. The Kier molecular flexibility index (Phi) is 4.28. The maximum absolute atomic E-state index is 13.1. The van der Waals surface area contributed by atoms with Crippen LogP contribution in [0.15, 0.2) is 16.6 Å². The number of alkyl halides is 1. The Morgan fingerprint density at radius 3 is 2.80 bits per heavy atom. The number of hydrogen-bond donors (Lipinski definition) is 0. The molecular formula is C8H6BrClFNO3. The molecule has 15 heavy (non-hydrogen) atoms. The normalized spacial score (nSPS) is 10.1. The molecule has 0 fully saturated rings. The van der Waals surface area contributed by atoms with Crippen molar-refractivity contribution in [2.45, 2.75) is 0 Å². The Morgan fingerprint density at radius 1 is 1.60 bits per heavy atom. The molecule has 82 valence electrons. The lowest BCUT2D eigenvalue weighted by Gasteiger charge is -2.05. The first-order chi connectivity index (χ1) is 7.06. The number of nitrogens with zero attached hydrogens (tertiary/aromatic N) is 1. The minimum Gasteiger partial charge on any atom is -0.485 e. The Hall–Kier alpha value is -0.880. The van der Waals surface area contributed by atoms with Crippen molar-refractivity contribution in [3.8, 4) is 5.75 Å². The smallest absolute Gasteiger partial charge is 0.312 e. The third-order valence-corrected chi connectivity index (χ3v) is 2.30. The fourth-order valence-electron chi connectivity index (χ4n) is 0.925. The number of nitro groups is 1. The lowest BCUT2D eigenvalue weighted by Crippen LogP contribution is -2.02. The van der Waals surface area contributed by atoms with Crippen molar-refractivity contribution >= 4 is 33.2 Å². The second-order valence-corrected chi connectivity index (χ2v) is 3.76. The van der Waals surface area contributed by atoms with Gasteiger partial charge in [-0.1, -0.05) is 0 Å². The monoisotopic (exact) mass is 297 g/mol. The molecule has 0 saturated carbocycles. The first kappa shape index (κ1) is 12.2. The molecule has 0 spiro atoms. The summed E-state index contributed by atoms with van der Waals surface area (Å²) in [5, 5.41) is 10.6. The molecule has 0 unspecified atom stereocenters. The average molecular weight is 298 g/mol. The summed E-state index contributed by atoms with van der Waals surface area (Å²) in [5.74, 6) is -0.569. The number of benzene rings is 1. The summed E-state index contributed by atoms with van der Waals surface area (Å²) in [4.78, 5) is 9.95. The number of nitro benzene ring substituents is 1. The van der Waals surface area contributed by atoms with E-state index in [9.17, 15) is 14.5 Å². The molecule has 4 nitrogen and oxygen atoms in total. The summed E-state index contributed by atoms with van der Waals surface area (Å²) in [6.07, 6.45) is 0. The van der Waals surface area contributed by atoms with Crippen molar-refractivity contribution in [3.63, 3.8) is 0 Å². The Bertz CT molecular complexity index is 388. The van der Waals surface area contributed by atoms with Crippen molar-refractivity contribution in [2.75, 3.05) is 12.5 Å². The van der Waals surface area contributed by atoms with Crippen LogP contribution >= 0.6 is 27.5 Å². The van der Waals surface area contributed by atoms with Crippen LogP contribution in [0.1, 0.15) is 0 Å². The van der Waals surface area contributed by atoms with E-state index in [-0.39, 0.29) is 28.4 Å². The first-order valence-electron chi connectivity index (χ1n) is 3.88. The van der Waals surface area contributed by atoms with Gasteiger partial charge < -0.3 is 4.74 Å². The van der Waals surface area contributed by atoms with Crippen molar-refractivity contribution in [1.82, 2.24) is 0 Å². The van der Waals surface area contributed by atoms with E-state index in [1.807, 2.05) is 0 Å². The molecule has 0 saturated heterocycles. The molecule has 1 aromatic carbocycles. The van der Waals surface area contributed by atoms with Gasteiger partial charge in [0.25, 0.3) is 0 Å². The van der Waals surface area contributed by atoms with Crippen LogP contribution in [0.5, 0.6) is 5.75 Å². The van der Waals surface area contributed by atoms with E-state index in [2.05, 4.69) is 15.9 Å². The third-order valence-electron chi connectivity index (χ3n) is 1.53. The van der Waals surface area contributed by atoms with E-state index in [0.29, 0.717) is 0 Å². The van der Waals surface area contributed by atoms with Crippen molar-refractivity contribution < 1.29 is 14.1 Å². The van der Waals surface area contributed by atoms with Crippen LogP contribution in [0.4, 0.5) is 10.1 Å². The largest absolute Gasteiger partial charge is 0.485 e. The van der Waals surface area contributed by atoms with Gasteiger partial charge in [-0.15, -0.1) is 11.6 Å². The molecule has 0 aliphatic heterocycles. The minimum absolute atomic E-state index is 0.0208. The Balaban J connectivity index is 3.10. The quantitative estimate of drug-likeness (QED) is 0.487. The molecule has 0 aromatic heterocycles. The van der Waals surface area contributed by atoms with Gasteiger partial charge in [0, 0.05) is 12.1 Å². The zero-order valence-corrected chi connectivity index (χ0v) is 9.72. The zero-order chi connectivity index (χ0) is 11.4. The summed E-state index contributed by atoms with van der Waals surface area (Å²) in [7, 11) is 0. The molecular weight excluding hydrogens is 292 g/mol. The topological polar surface area (TPSA) is 52.4 Å². The fraction of sp³-hybridized carbons (Fsp3) is 0.250. The molecule has 0 N–H and O–H groups in total. The van der Waals surface area contributed by atoms with E-state index in [4.69, 9.17) is 16.3 Å². The van der Waals surface area contributed by atoms with Crippen LogP contribution < -0.4 is 4.74 Å². The predicted molar refractivity (Wildman–Crippen MR) is 57.0 cm³/mol. The Labute approximate surface area is 98.3 Å². The molecule has 0 aliphatic carbocycles. The van der Waals surface area contributed by atoms with E-state index >= 15 is 0 Å². The molecule has 0 amide bonds.